The summed E-state index contributed by atoms with van der Waals surface area (Å²) in [5, 5.41) is 8.61. The number of ether oxygens (including phenoxy) is 1. The van der Waals surface area contributed by atoms with Crippen LogP contribution in [0.15, 0.2) is 0 Å². The van der Waals surface area contributed by atoms with E-state index in [4.69, 9.17) is 10.8 Å². The van der Waals surface area contributed by atoms with Crippen LogP contribution in [0.3, 0.4) is 0 Å². The number of nitrogen functional groups attached to an aromatic ring is 1. The highest BCUT2D eigenvalue weighted by Gasteiger charge is 2.32. The molecule has 0 aliphatic rings. The average molecular weight is 444 g/mol. The van der Waals surface area contributed by atoms with Gasteiger partial charge < -0.3 is 20.5 Å². The summed E-state index contributed by atoms with van der Waals surface area (Å²) >= 11 is 0. The van der Waals surface area contributed by atoms with Crippen molar-refractivity contribution in [3.63, 3.8) is 0 Å². The van der Waals surface area contributed by atoms with E-state index in [9.17, 15) is 44.7 Å². The molecule has 0 atom stereocenters. The molecule has 0 fully saturated rings. The second-order valence-corrected chi connectivity index (χ2v) is 5.59. The summed E-state index contributed by atoms with van der Waals surface area (Å²) in [4.78, 5) is 22.8. The van der Waals surface area contributed by atoms with E-state index in [2.05, 4.69) is 4.74 Å². The summed E-state index contributed by atoms with van der Waals surface area (Å²) in [6, 6.07) is 0. The van der Waals surface area contributed by atoms with E-state index in [0.29, 0.717) is 7.05 Å². The Balaban J connectivity index is 2.37. The van der Waals surface area contributed by atoms with Crippen LogP contribution in [0.5, 0.6) is 0 Å². The van der Waals surface area contributed by atoms with Gasteiger partial charge in [-0.15, -0.1) is 0 Å². The molecule has 3 N–H and O–H groups in total. The number of aromatic carboxylic acids is 1. The normalized spacial score (nSPS) is 10.8. The molecule has 162 valence electrons. The van der Waals surface area contributed by atoms with Crippen LogP contribution in [0.2, 0.25) is 0 Å². The van der Waals surface area contributed by atoms with Gasteiger partial charge in [-0.2, -0.15) is 0 Å². The maximum atomic E-state index is 14.0. The standard InChI is InChI=1S/C16H8F8N2O4/c1-26(14-11(23)5(17)3(15(27)28)6(18)12(14)24)2-30-16(29)4-7(19)8(20)9(21)10(22)13(4)25/h2,25H2,1H3,(H,27,28). The number of anilines is 2. The number of halogens is 8. The first-order chi connectivity index (χ1) is 13.8. The minimum atomic E-state index is -2.40. The summed E-state index contributed by atoms with van der Waals surface area (Å²) < 4.78 is 113. The first-order valence-corrected chi connectivity index (χ1v) is 7.41. The van der Waals surface area contributed by atoms with Gasteiger partial charge in [-0.05, 0) is 0 Å². The van der Waals surface area contributed by atoms with Crippen LogP contribution in [0.1, 0.15) is 20.7 Å². The molecule has 2 rings (SSSR count). The van der Waals surface area contributed by atoms with Gasteiger partial charge in [0.05, 0.1) is 5.69 Å². The number of nitrogens with zero attached hydrogens (tertiary/aromatic N) is 1. The van der Waals surface area contributed by atoms with Crippen molar-refractivity contribution in [2.45, 2.75) is 0 Å². The lowest BCUT2D eigenvalue weighted by Gasteiger charge is -2.21. The van der Waals surface area contributed by atoms with Gasteiger partial charge >= 0.3 is 11.9 Å². The molecule has 0 saturated heterocycles. The number of esters is 1. The summed E-state index contributed by atoms with van der Waals surface area (Å²) in [6.07, 6.45) is 0. The van der Waals surface area contributed by atoms with Crippen molar-refractivity contribution in [1.82, 2.24) is 0 Å². The van der Waals surface area contributed by atoms with E-state index in [-0.39, 0.29) is 4.90 Å². The fourth-order valence-electron chi connectivity index (χ4n) is 2.28. The Morgan fingerprint density at radius 2 is 1.23 bits per heavy atom. The number of carboxylic acids is 1. The lowest BCUT2D eigenvalue weighted by molar-refractivity contribution is 0.0501. The smallest absolute Gasteiger partial charge is 0.345 e. The first kappa shape index (κ1) is 22.7. The maximum absolute atomic E-state index is 14.0. The molecule has 0 saturated carbocycles. The molecule has 0 unspecified atom stereocenters. The summed E-state index contributed by atoms with van der Waals surface area (Å²) in [5.41, 5.74) is -1.51. The number of rotatable bonds is 5. The van der Waals surface area contributed by atoms with Crippen LogP contribution in [-0.4, -0.2) is 30.8 Å². The molecule has 0 radical (unpaired) electrons. The zero-order valence-corrected chi connectivity index (χ0v) is 14.4. The van der Waals surface area contributed by atoms with Crippen LogP contribution in [0.25, 0.3) is 0 Å². The highest BCUT2D eigenvalue weighted by molar-refractivity contribution is 5.95. The Bertz CT molecular complexity index is 1020. The Morgan fingerprint density at radius 3 is 1.70 bits per heavy atom. The molecule has 0 aliphatic heterocycles. The average Bonchev–Trinajstić information content (AvgIpc) is 2.68. The molecule has 2 aromatic rings. The lowest BCUT2D eigenvalue weighted by Crippen LogP contribution is -2.28. The predicted molar refractivity (Wildman–Crippen MR) is 82.6 cm³/mol. The minimum Gasteiger partial charge on any atom is -0.477 e. The molecule has 30 heavy (non-hydrogen) atoms. The first-order valence-electron chi connectivity index (χ1n) is 7.41. The van der Waals surface area contributed by atoms with Gasteiger partial charge in [-0.3, -0.25) is 0 Å². The van der Waals surface area contributed by atoms with E-state index in [1.165, 1.54) is 0 Å². The van der Waals surface area contributed by atoms with E-state index in [0.717, 1.165) is 0 Å². The molecule has 6 nitrogen and oxygen atoms in total. The molecule has 0 heterocycles. The number of carbonyl (C=O) groups is 2. The molecule has 14 heteroatoms. The molecule has 0 aromatic heterocycles. The number of benzene rings is 2. The van der Waals surface area contributed by atoms with Gasteiger partial charge in [0.1, 0.15) is 16.8 Å². The molecular weight excluding hydrogens is 436 g/mol. The van der Waals surface area contributed by atoms with Crippen molar-refractivity contribution < 1.29 is 54.6 Å². The van der Waals surface area contributed by atoms with Crippen molar-refractivity contribution in [3.05, 3.63) is 57.7 Å². The molecule has 2 aromatic carbocycles. The highest BCUT2D eigenvalue weighted by Crippen LogP contribution is 2.31. The van der Waals surface area contributed by atoms with E-state index < -0.39 is 87.7 Å². The number of hydrogen-bond donors (Lipinski definition) is 2. The zero-order valence-electron chi connectivity index (χ0n) is 14.4. The summed E-state index contributed by atoms with van der Waals surface area (Å²) in [7, 11) is 0.708. The topological polar surface area (TPSA) is 92.9 Å². The van der Waals surface area contributed by atoms with Crippen molar-refractivity contribution >= 4 is 23.3 Å². The second kappa shape index (κ2) is 8.04. The Labute approximate surface area is 161 Å². The van der Waals surface area contributed by atoms with Crippen molar-refractivity contribution in [3.8, 4) is 0 Å². The van der Waals surface area contributed by atoms with Crippen LogP contribution in [-0.2, 0) is 4.74 Å². The Hall–Kier alpha value is -3.58. The zero-order chi connectivity index (χ0) is 23.1. The third kappa shape index (κ3) is 3.55. The minimum absolute atomic E-state index is 0.213. The molecular formula is C16H8F8N2O4. The fraction of sp³-hybridized carbons (Fsp3) is 0.125. The number of hydrogen-bond acceptors (Lipinski definition) is 5. The van der Waals surface area contributed by atoms with Crippen molar-refractivity contribution in [2.24, 2.45) is 0 Å². The van der Waals surface area contributed by atoms with E-state index in [1.54, 1.807) is 0 Å². The predicted octanol–water partition coefficient (Wildman–Crippen LogP) is 3.33. The van der Waals surface area contributed by atoms with Crippen LogP contribution >= 0.6 is 0 Å². The van der Waals surface area contributed by atoms with Crippen LogP contribution in [0.4, 0.5) is 46.5 Å². The fourth-order valence-corrected chi connectivity index (χ4v) is 2.28. The van der Waals surface area contributed by atoms with Crippen LogP contribution < -0.4 is 10.6 Å². The highest BCUT2D eigenvalue weighted by atomic mass is 19.2. The van der Waals surface area contributed by atoms with Gasteiger partial charge in [0.25, 0.3) is 0 Å². The molecule has 0 bridgehead atoms. The van der Waals surface area contributed by atoms with Gasteiger partial charge in [0.15, 0.2) is 53.3 Å². The van der Waals surface area contributed by atoms with Gasteiger partial charge in [0.2, 0.25) is 0 Å². The summed E-state index contributed by atoms with van der Waals surface area (Å²) in [6.45, 7) is -1.29. The van der Waals surface area contributed by atoms with Gasteiger partial charge in [-0.1, -0.05) is 0 Å². The second-order valence-electron chi connectivity index (χ2n) is 5.59. The number of carboxylic acid groups (broad SMARTS) is 1. The maximum Gasteiger partial charge on any atom is 0.345 e. The van der Waals surface area contributed by atoms with Crippen LogP contribution in [0, 0.1) is 46.5 Å². The van der Waals surface area contributed by atoms with E-state index in [1.807, 2.05) is 0 Å². The van der Waals surface area contributed by atoms with Gasteiger partial charge in [-0.25, -0.2) is 44.7 Å². The number of carbonyl (C=O) groups excluding carboxylic acids is 1. The molecule has 0 spiro atoms. The largest absolute Gasteiger partial charge is 0.477 e. The van der Waals surface area contributed by atoms with E-state index >= 15 is 0 Å². The van der Waals surface area contributed by atoms with Crippen molar-refractivity contribution in [1.29, 1.82) is 0 Å². The Morgan fingerprint density at radius 1 is 0.800 bits per heavy atom. The third-order valence-electron chi connectivity index (χ3n) is 3.73. The SMILES string of the molecule is CN(COC(=O)c1c(N)c(F)c(F)c(F)c1F)c1c(F)c(F)c(C(=O)O)c(F)c1F. The quantitative estimate of drug-likeness (QED) is 0.184. The Kier molecular flexibility index (Phi) is 6.09. The number of nitrogens with two attached hydrogens (primary N) is 1. The summed E-state index contributed by atoms with van der Waals surface area (Å²) in [5.74, 6) is -22.2. The third-order valence-corrected chi connectivity index (χ3v) is 3.73. The monoisotopic (exact) mass is 444 g/mol. The molecule has 0 amide bonds. The van der Waals surface area contributed by atoms with Crippen molar-refractivity contribution in [2.75, 3.05) is 24.4 Å². The van der Waals surface area contributed by atoms with Gasteiger partial charge in [0, 0.05) is 7.05 Å². The molecule has 0 aliphatic carbocycles. The lowest BCUT2D eigenvalue weighted by atomic mass is 10.1.